The molecule has 0 aliphatic rings. The number of aromatic nitrogens is 2. The minimum Gasteiger partial charge on any atom is -0.463 e. The lowest BCUT2D eigenvalue weighted by Gasteiger charge is -1.98. The number of thioether (sulfide) groups is 1. The van der Waals surface area contributed by atoms with Gasteiger partial charge in [-0.25, -0.2) is 4.79 Å². The van der Waals surface area contributed by atoms with E-state index in [9.17, 15) is 4.79 Å². The SMILES string of the molecule is CNc1nnc(SCc2ccc3oc(C(=O)OC)cc3c2)s1. The number of furan rings is 1. The monoisotopic (exact) mass is 335 g/mol. The summed E-state index contributed by atoms with van der Waals surface area (Å²) in [5.74, 6) is 0.512. The third-order valence-electron chi connectivity index (χ3n) is 2.95. The van der Waals surface area contributed by atoms with Crippen molar-refractivity contribution in [1.82, 2.24) is 10.2 Å². The fourth-order valence-electron chi connectivity index (χ4n) is 1.90. The van der Waals surface area contributed by atoms with E-state index in [2.05, 4.69) is 20.3 Å². The average molecular weight is 335 g/mol. The molecule has 114 valence electrons. The molecule has 0 amide bonds. The first-order valence-electron chi connectivity index (χ1n) is 6.44. The fraction of sp³-hybridized carbons (Fsp3) is 0.214. The maximum absolute atomic E-state index is 11.5. The second kappa shape index (κ2) is 6.37. The molecule has 0 radical (unpaired) electrons. The standard InChI is InChI=1S/C14H13N3O3S2/c1-15-13-16-17-14(22-13)21-7-8-3-4-10-9(5-8)6-11(20-10)12(18)19-2/h3-6H,7H2,1-2H3,(H,15,16). The molecule has 6 nitrogen and oxygen atoms in total. The maximum Gasteiger partial charge on any atom is 0.373 e. The van der Waals surface area contributed by atoms with Crippen LogP contribution in [0.15, 0.2) is 33.0 Å². The van der Waals surface area contributed by atoms with E-state index in [0.717, 1.165) is 26.2 Å². The number of methoxy groups -OCH3 is 1. The second-order valence-electron chi connectivity index (χ2n) is 4.39. The number of nitrogens with one attached hydrogen (secondary N) is 1. The first-order valence-corrected chi connectivity index (χ1v) is 8.24. The van der Waals surface area contributed by atoms with Crippen molar-refractivity contribution in [2.24, 2.45) is 0 Å². The summed E-state index contributed by atoms with van der Waals surface area (Å²) < 4.78 is 11.0. The Hall–Kier alpha value is -2.06. The zero-order valence-electron chi connectivity index (χ0n) is 12.0. The highest BCUT2D eigenvalue weighted by atomic mass is 32.2. The van der Waals surface area contributed by atoms with Crippen molar-refractivity contribution < 1.29 is 13.9 Å². The Labute approximate surface area is 134 Å². The average Bonchev–Trinajstić information content (AvgIpc) is 3.17. The highest BCUT2D eigenvalue weighted by molar-refractivity contribution is 8.00. The molecule has 1 N–H and O–H groups in total. The molecular formula is C14H13N3O3S2. The molecule has 2 heterocycles. The van der Waals surface area contributed by atoms with Gasteiger partial charge in [0, 0.05) is 18.2 Å². The van der Waals surface area contributed by atoms with Gasteiger partial charge in [-0.05, 0) is 23.8 Å². The minimum absolute atomic E-state index is 0.213. The van der Waals surface area contributed by atoms with E-state index in [1.54, 1.807) is 17.8 Å². The van der Waals surface area contributed by atoms with Crippen molar-refractivity contribution in [3.63, 3.8) is 0 Å². The lowest BCUT2D eigenvalue weighted by molar-refractivity contribution is 0.0567. The van der Waals surface area contributed by atoms with Crippen molar-refractivity contribution in [3.05, 3.63) is 35.6 Å². The Morgan fingerprint density at radius 2 is 2.27 bits per heavy atom. The predicted molar refractivity (Wildman–Crippen MR) is 86.6 cm³/mol. The lowest BCUT2D eigenvalue weighted by atomic mass is 10.2. The molecule has 2 aromatic heterocycles. The summed E-state index contributed by atoms with van der Waals surface area (Å²) in [6.45, 7) is 0. The number of carbonyl (C=O) groups is 1. The van der Waals surface area contributed by atoms with Crippen LogP contribution in [-0.2, 0) is 10.5 Å². The Morgan fingerprint density at radius 1 is 1.41 bits per heavy atom. The van der Waals surface area contributed by atoms with Crippen LogP contribution in [0.5, 0.6) is 0 Å². The van der Waals surface area contributed by atoms with Crippen molar-refractivity contribution in [3.8, 4) is 0 Å². The van der Waals surface area contributed by atoms with Gasteiger partial charge in [0.15, 0.2) is 4.34 Å². The molecule has 0 atom stereocenters. The maximum atomic E-state index is 11.5. The number of esters is 1. The van der Waals surface area contributed by atoms with Gasteiger partial charge in [0.2, 0.25) is 10.9 Å². The Bertz CT molecular complexity index is 813. The van der Waals surface area contributed by atoms with Gasteiger partial charge in [0.1, 0.15) is 5.58 Å². The van der Waals surface area contributed by atoms with Crippen molar-refractivity contribution >= 4 is 45.2 Å². The van der Waals surface area contributed by atoms with Gasteiger partial charge in [-0.3, -0.25) is 0 Å². The van der Waals surface area contributed by atoms with E-state index in [0.29, 0.717) is 5.58 Å². The lowest BCUT2D eigenvalue weighted by Crippen LogP contribution is -1.97. The molecule has 0 fully saturated rings. The number of nitrogens with zero attached hydrogens (tertiary/aromatic N) is 2. The van der Waals surface area contributed by atoms with E-state index in [1.807, 2.05) is 25.2 Å². The van der Waals surface area contributed by atoms with Crippen LogP contribution in [0, 0.1) is 0 Å². The van der Waals surface area contributed by atoms with Gasteiger partial charge in [0.05, 0.1) is 7.11 Å². The first-order chi connectivity index (χ1) is 10.7. The number of rotatable bonds is 5. The minimum atomic E-state index is -0.472. The Balaban J connectivity index is 1.75. The summed E-state index contributed by atoms with van der Waals surface area (Å²) in [5, 5.41) is 12.7. The Morgan fingerprint density at radius 3 is 3.00 bits per heavy atom. The molecule has 0 bridgehead atoms. The molecular weight excluding hydrogens is 322 g/mol. The molecule has 3 aromatic rings. The van der Waals surface area contributed by atoms with E-state index in [4.69, 9.17) is 4.42 Å². The molecule has 8 heteroatoms. The summed E-state index contributed by atoms with van der Waals surface area (Å²) in [4.78, 5) is 11.5. The molecule has 0 aliphatic heterocycles. The number of anilines is 1. The highest BCUT2D eigenvalue weighted by Gasteiger charge is 2.12. The van der Waals surface area contributed by atoms with Crippen LogP contribution < -0.4 is 5.32 Å². The van der Waals surface area contributed by atoms with Crippen LogP contribution >= 0.6 is 23.1 Å². The molecule has 1 aromatic carbocycles. The molecule has 0 unspecified atom stereocenters. The largest absolute Gasteiger partial charge is 0.463 e. The van der Waals surface area contributed by atoms with Crippen LogP contribution in [0.4, 0.5) is 5.13 Å². The third-order valence-corrected chi connectivity index (χ3v) is 5.10. The zero-order valence-corrected chi connectivity index (χ0v) is 13.6. The summed E-state index contributed by atoms with van der Waals surface area (Å²) in [6.07, 6.45) is 0. The summed E-state index contributed by atoms with van der Waals surface area (Å²) in [6, 6.07) is 7.52. The number of benzene rings is 1. The number of hydrogen-bond donors (Lipinski definition) is 1. The smallest absolute Gasteiger partial charge is 0.373 e. The van der Waals surface area contributed by atoms with Gasteiger partial charge in [-0.2, -0.15) is 0 Å². The number of hydrogen-bond acceptors (Lipinski definition) is 8. The zero-order chi connectivity index (χ0) is 15.5. The molecule has 3 rings (SSSR count). The van der Waals surface area contributed by atoms with Gasteiger partial charge < -0.3 is 14.5 Å². The van der Waals surface area contributed by atoms with Crippen molar-refractivity contribution in [2.75, 3.05) is 19.5 Å². The van der Waals surface area contributed by atoms with Gasteiger partial charge in [-0.15, -0.1) is 10.2 Å². The first kappa shape index (κ1) is 14.9. The van der Waals surface area contributed by atoms with Crippen LogP contribution in [0.2, 0.25) is 0 Å². The van der Waals surface area contributed by atoms with Crippen LogP contribution in [0.1, 0.15) is 16.1 Å². The summed E-state index contributed by atoms with van der Waals surface area (Å²) in [7, 11) is 3.15. The van der Waals surface area contributed by atoms with E-state index < -0.39 is 5.97 Å². The van der Waals surface area contributed by atoms with E-state index in [-0.39, 0.29) is 5.76 Å². The highest BCUT2D eigenvalue weighted by Crippen LogP contribution is 2.29. The predicted octanol–water partition coefficient (Wildman–Crippen LogP) is 3.40. The quantitative estimate of drug-likeness (QED) is 0.565. The Kier molecular flexibility index (Phi) is 4.30. The molecule has 22 heavy (non-hydrogen) atoms. The summed E-state index contributed by atoms with van der Waals surface area (Å²) >= 11 is 3.14. The molecule has 0 saturated carbocycles. The third kappa shape index (κ3) is 3.07. The van der Waals surface area contributed by atoms with Gasteiger partial charge in [0.25, 0.3) is 0 Å². The summed E-state index contributed by atoms with van der Waals surface area (Å²) in [5.41, 5.74) is 1.79. The molecule has 0 aliphatic carbocycles. The molecule has 0 spiro atoms. The van der Waals surface area contributed by atoms with E-state index >= 15 is 0 Å². The molecule has 0 saturated heterocycles. The van der Waals surface area contributed by atoms with Crippen LogP contribution in [0.3, 0.4) is 0 Å². The van der Waals surface area contributed by atoms with E-state index in [1.165, 1.54) is 18.4 Å². The topological polar surface area (TPSA) is 77.3 Å². The van der Waals surface area contributed by atoms with Crippen LogP contribution in [-0.4, -0.2) is 30.3 Å². The fourth-order valence-corrected chi connectivity index (χ4v) is 3.55. The van der Waals surface area contributed by atoms with Crippen molar-refractivity contribution in [1.29, 1.82) is 0 Å². The number of ether oxygens (including phenoxy) is 1. The normalized spacial score (nSPS) is 10.8. The van der Waals surface area contributed by atoms with Crippen molar-refractivity contribution in [2.45, 2.75) is 10.1 Å². The second-order valence-corrected chi connectivity index (χ2v) is 6.59. The number of carbonyl (C=O) groups excluding carboxylic acids is 1. The van der Waals surface area contributed by atoms with Gasteiger partial charge in [-0.1, -0.05) is 29.2 Å². The van der Waals surface area contributed by atoms with Gasteiger partial charge >= 0.3 is 5.97 Å². The number of fused-ring (bicyclic) bond motifs is 1. The van der Waals surface area contributed by atoms with Crippen LogP contribution in [0.25, 0.3) is 11.0 Å².